The summed E-state index contributed by atoms with van der Waals surface area (Å²) in [5.74, 6) is 0.0558. The van der Waals surface area contributed by atoms with Gasteiger partial charge in [-0.25, -0.2) is 0 Å². The Labute approximate surface area is 117 Å². The van der Waals surface area contributed by atoms with Crippen LogP contribution in [0.25, 0.3) is 10.8 Å². The summed E-state index contributed by atoms with van der Waals surface area (Å²) in [6, 6.07) is 13.5. The van der Waals surface area contributed by atoms with Gasteiger partial charge in [-0.2, -0.15) is 0 Å². The van der Waals surface area contributed by atoms with Crippen LogP contribution in [0.4, 0.5) is 0 Å². The van der Waals surface area contributed by atoms with E-state index in [-0.39, 0.29) is 11.7 Å². The van der Waals surface area contributed by atoms with Gasteiger partial charge in [0, 0.05) is 18.5 Å². The molecule has 0 spiro atoms. The van der Waals surface area contributed by atoms with Crippen molar-refractivity contribution in [3.63, 3.8) is 0 Å². The van der Waals surface area contributed by atoms with Gasteiger partial charge in [-0.3, -0.25) is 4.79 Å². The third-order valence-corrected chi connectivity index (χ3v) is 3.04. The maximum absolute atomic E-state index is 12.0. The van der Waals surface area contributed by atoms with Crippen molar-refractivity contribution in [3.8, 4) is 0 Å². The number of carbonyl (C=O) groups is 1. The number of amides is 1. The molecule has 20 heavy (non-hydrogen) atoms. The molecule has 2 aromatic carbocycles. The van der Waals surface area contributed by atoms with Crippen LogP contribution in [0.1, 0.15) is 23.2 Å². The summed E-state index contributed by atoms with van der Waals surface area (Å²) in [6.07, 6.45) is 1.09. The van der Waals surface area contributed by atoms with Crippen LogP contribution in [0.15, 0.2) is 47.6 Å². The summed E-state index contributed by atoms with van der Waals surface area (Å²) in [6.45, 7) is 0.488. The lowest BCUT2D eigenvalue weighted by molar-refractivity contribution is 0.0953. The summed E-state index contributed by atoms with van der Waals surface area (Å²) < 4.78 is 0. The van der Waals surface area contributed by atoms with Crippen LogP contribution in [0, 0.1) is 0 Å². The maximum atomic E-state index is 12.0. The van der Waals surface area contributed by atoms with Crippen LogP contribution in [0.5, 0.6) is 0 Å². The number of carbonyl (C=O) groups excluding carboxylic acids is 1. The Balaban J connectivity index is 1.94. The number of oxime groups is 1. The number of nitrogens with one attached hydrogen (secondary N) is 1. The largest absolute Gasteiger partial charge is 0.409 e. The average molecular weight is 271 g/mol. The molecule has 4 N–H and O–H groups in total. The first-order valence-corrected chi connectivity index (χ1v) is 6.44. The topological polar surface area (TPSA) is 87.7 Å². The van der Waals surface area contributed by atoms with E-state index in [1.54, 1.807) is 6.07 Å². The lowest BCUT2D eigenvalue weighted by Gasteiger charge is -2.06. The van der Waals surface area contributed by atoms with E-state index in [1.165, 1.54) is 0 Å². The highest BCUT2D eigenvalue weighted by atomic mass is 16.4. The number of hydrogen-bond donors (Lipinski definition) is 3. The highest BCUT2D eigenvalue weighted by Gasteiger charge is 2.05. The Morgan fingerprint density at radius 3 is 2.70 bits per heavy atom. The minimum Gasteiger partial charge on any atom is -0.409 e. The van der Waals surface area contributed by atoms with Gasteiger partial charge in [0.15, 0.2) is 0 Å². The van der Waals surface area contributed by atoms with E-state index in [2.05, 4.69) is 10.5 Å². The second kappa shape index (κ2) is 6.56. The van der Waals surface area contributed by atoms with Gasteiger partial charge in [0.25, 0.3) is 5.91 Å². The molecule has 2 rings (SSSR count). The zero-order valence-corrected chi connectivity index (χ0v) is 11.0. The first-order valence-electron chi connectivity index (χ1n) is 6.44. The molecule has 0 aromatic heterocycles. The van der Waals surface area contributed by atoms with Gasteiger partial charge in [0.2, 0.25) is 0 Å². The van der Waals surface area contributed by atoms with E-state index in [0.717, 1.165) is 10.8 Å². The zero-order chi connectivity index (χ0) is 14.4. The second-order valence-corrected chi connectivity index (χ2v) is 4.51. The fourth-order valence-corrected chi connectivity index (χ4v) is 1.95. The monoisotopic (exact) mass is 271 g/mol. The van der Waals surface area contributed by atoms with Gasteiger partial charge in [-0.1, -0.05) is 35.5 Å². The number of rotatable bonds is 5. The molecule has 2 aromatic rings. The van der Waals surface area contributed by atoms with Crippen molar-refractivity contribution in [1.29, 1.82) is 0 Å². The molecule has 0 saturated carbocycles. The molecule has 0 aliphatic rings. The second-order valence-electron chi connectivity index (χ2n) is 4.51. The average Bonchev–Trinajstić information content (AvgIpc) is 2.50. The Hall–Kier alpha value is -2.56. The molecule has 1 amide bonds. The Kier molecular flexibility index (Phi) is 4.55. The molecule has 0 aliphatic carbocycles. The highest BCUT2D eigenvalue weighted by molar-refractivity contribution is 5.98. The van der Waals surface area contributed by atoms with E-state index < -0.39 is 0 Å². The number of hydrogen-bond acceptors (Lipinski definition) is 3. The van der Waals surface area contributed by atoms with E-state index in [0.29, 0.717) is 24.9 Å². The molecule has 0 aliphatic heterocycles. The fraction of sp³-hybridized carbons (Fsp3) is 0.200. The molecule has 0 fully saturated rings. The molecular weight excluding hydrogens is 254 g/mol. The summed E-state index contributed by atoms with van der Waals surface area (Å²) in [4.78, 5) is 12.0. The van der Waals surface area contributed by atoms with Crippen molar-refractivity contribution in [2.24, 2.45) is 10.9 Å². The van der Waals surface area contributed by atoms with E-state index in [4.69, 9.17) is 10.9 Å². The predicted molar refractivity (Wildman–Crippen MR) is 78.9 cm³/mol. The molecule has 0 radical (unpaired) electrons. The van der Waals surface area contributed by atoms with Gasteiger partial charge in [-0.05, 0) is 29.3 Å². The van der Waals surface area contributed by atoms with E-state index in [9.17, 15) is 4.79 Å². The maximum Gasteiger partial charge on any atom is 0.251 e. The third-order valence-electron chi connectivity index (χ3n) is 3.04. The van der Waals surface area contributed by atoms with Crippen molar-refractivity contribution in [2.45, 2.75) is 12.8 Å². The number of fused-ring (bicyclic) bond motifs is 1. The van der Waals surface area contributed by atoms with E-state index >= 15 is 0 Å². The number of benzene rings is 2. The van der Waals surface area contributed by atoms with Crippen molar-refractivity contribution < 1.29 is 10.0 Å². The molecule has 0 atom stereocenters. The number of nitrogens with two attached hydrogens (primary N) is 1. The molecule has 0 bridgehead atoms. The predicted octanol–water partition coefficient (Wildman–Crippen LogP) is 2.10. The van der Waals surface area contributed by atoms with Crippen LogP contribution < -0.4 is 11.1 Å². The Bertz CT molecular complexity index is 638. The van der Waals surface area contributed by atoms with Gasteiger partial charge in [0.1, 0.15) is 5.84 Å². The fourth-order valence-electron chi connectivity index (χ4n) is 1.95. The van der Waals surface area contributed by atoms with Crippen LogP contribution in [-0.4, -0.2) is 23.5 Å². The standard InChI is InChI=1S/C15H17N3O2/c16-14(18-20)6-3-9-17-15(19)13-8-7-11-4-1-2-5-12(11)10-13/h1-2,4-5,7-8,10,20H,3,6,9H2,(H2,16,18)(H,17,19). The van der Waals surface area contributed by atoms with Crippen molar-refractivity contribution >= 4 is 22.5 Å². The molecular formula is C15H17N3O2. The smallest absolute Gasteiger partial charge is 0.251 e. The molecule has 0 heterocycles. The third kappa shape index (κ3) is 3.47. The minimum atomic E-state index is -0.115. The summed E-state index contributed by atoms with van der Waals surface area (Å²) in [5.41, 5.74) is 5.98. The van der Waals surface area contributed by atoms with Crippen LogP contribution in [0.2, 0.25) is 0 Å². The SMILES string of the molecule is NC(CCCNC(=O)c1ccc2ccccc2c1)=NO. The Morgan fingerprint density at radius 2 is 1.95 bits per heavy atom. The van der Waals surface area contributed by atoms with Gasteiger partial charge < -0.3 is 16.3 Å². The lowest BCUT2D eigenvalue weighted by Crippen LogP contribution is -2.25. The van der Waals surface area contributed by atoms with Crippen molar-refractivity contribution in [1.82, 2.24) is 5.32 Å². The Morgan fingerprint density at radius 1 is 1.20 bits per heavy atom. The molecule has 5 heteroatoms. The molecule has 0 saturated heterocycles. The lowest BCUT2D eigenvalue weighted by atomic mass is 10.1. The van der Waals surface area contributed by atoms with Gasteiger partial charge >= 0.3 is 0 Å². The quantitative estimate of drug-likeness (QED) is 0.256. The zero-order valence-electron chi connectivity index (χ0n) is 11.0. The van der Waals surface area contributed by atoms with Gasteiger partial charge in [0.05, 0.1) is 0 Å². The minimum absolute atomic E-state index is 0.115. The molecule has 104 valence electrons. The summed E-state index contributed by atoms with van der Waals surface area (Å²) in [7, 11) is 0. The molecule has 5 nitrogen and oxygen atoms in total. The highest BCUT2D eigenvalue weighted by Crippen LogP contribution is 2.15. The van der Waals surface area contributed by atoms with Gasteiger partial charge in [-0.15, -0.1) is 0 Å². The number of nitrogens with zero attached hydrogens (tertiary/aromatic N) is 1. The van der Waals surface area contributed by atoms with Crippen LogP contribution in [-0.2, 0) is 0 Å². The van der Waals surface area contributed by atoms with Crippen molar-refractivity contribution in [3.05, 3.63) is 48.0 Å². The summed E-state index contributed by atoms with van der Waals surface area (Å²) >= 11 is 0. The van der Waals surface area contributed by atoms with E-state index in [1.807, 2.05) is 36.4 Å². The normalized spacial score (nSPS) is 11.5. The first-order chi connectivity index (χ1) is 9.70. The van der Waals surface area contributed by atoms with Crippen molar-refractivity contribution in [2.75, 3.05) is 6.54 Å². The van der Waals surface area contributed by atoms with Crippen LogP contribution in [0.3, 0.4) is 0 Å². The molecule has 0 unspecified atom stereocenters. The summed E-state index contributed by atoms with van der Waals surface area (Å²) in [5, 5.41) is 16.2. The van der Waals surface area contributed by atoms with Crippen LogP contribution >= 0.6 is 0 Å². The number of amidine groups is 1. The first kappa shape index (κ1) is 13.9.